The lowest BCUT2D eigenvalue weighted by Gasteiger charge is -2.37. The first-order chi connectivity index (χ1) is 16.3. The standard InChI is InChI=1S/C25H28ClF3N4O/c26-18-6-4-13(5-7-18)20-11-21(25(27,28)29)33-23(31-20)19(12-30-33)24(34)32-22-15-3-1-2-14-8-17(22)10-16(14)9-15/h4-7,12,14-17,20-22,31H,1-3,8-11H2,(H,32,34). The largest absolute Gasteiger partial charge is 0.410 e. The second-order valence-electron chi connectivity index (χ2n) is 10.6. The molecule has 7 atom stereocenters. The summed E-state index contributed by atoms with van der Waals surface area (Å²) in [4.78, 5) is 13.4. The molecule has 6 rings (SSSR count). The molecule has 1 aromatic heterocycles. The molecule has 0 saturated heterocycles. The van der Waals surface area contributed by atoms with Crippen molar-refractivity contribution in [2.24, 2.45) is 23.7 Å². The van der Waals surface area contributed by atoms with E-state index in [1.54, 1.807) is 24.3 Å². The van der Waals surface area contributed by atoms with E-state index in [1.165, 1.54) is 19.0 Å². The van der Waals surface area contributed by atoms with E-state index < -0.39 is 18.3 Å². The van der Waals surface area contributed by atoms with E-state index in [-0.39, 0.29) is 29.8 Å². The van der Waals surface area contributed by atoms with Crippen molar-refractivity contribution in [3.05, 3.63) is 46.6 Å². The number of halogens is 4. The number of amides is 1. The average molecular weight is 493 g/mol. The van der Waals surface area contributed by atoms with Crippen LogP contribution in [-0.2, 0) is 0 Å². The second-order valence-corrected chi connectivity index (χ2v) is 11.0. The van der Waals surface area contributed by atoms with Gasteiger partial charge in [-0.3, -0.25) is 4.79 Å². The van der Waals surface area contributed by atoms with Crippen molar-refractivity contribution in [3.63, 3.8) is 0 Å². The van der Waals surface area contributed by atoms with Crippen LogP contribution < -0.4 is 10.6 Å². The fraction of sp³-hybridized carbons (Fsp3) is 0.600. The number of fused-ring (bicyclic) bond motifs is 3. The predicted molar refractivity (Wildman–Crippen MR) is 123 cm³/mol. The van der Waals surface area contributed by atoms with Crippen molar-refractivity contribution < 1.29 is 18.0 Å². The normalized spacial score (nSPS) is 34.3. The predicted octanol–water partition coefficient (Wildman–Crippen LogP) is 6.14. The number of carbonyl (C=O) groups excluding carboxylic acids is 1. The van der Waals surface area contributed by atoms with Crippen LogP contribution in [0, 0.1) is 23.7 Å². The number of anilines is 1. The number of benzene rings is 1. The third kappa shape index (κ3) is 3.78. The van der Waals surface area contributed by atoms with Crippen molar-refractivity contribution in [1.29, 1.82) is 0 Å². The molecule has 1 amide bonds. The zero-order valence-electron chi connectivity index (χ0n) is 18.7. The Morgan fingerprint density at radius 1 is 1.03 bits per heavy atom. The summed E-state index contributed by atoms with van der Waals surface area (Å²) < 4.78 is 42.9. The quantitative estimate of drug-likeness (QED) is 0.541. The SMILES string of the molecule is O=C(NC1C2CCCC3CC1CC3C2)c1cnn2c1NC(c1ccc(Cl)cc1)CC2C(F)(F)F. The van der Waals surface area contributed by atoms with Gasteiger partial charge in [0.15, 0.2) is 6.04 Å². The summed E-state index contributed by atoms with van der Waals surface area (Å²) in [5.74, 6) is 2.29. The van der Waals surface area contributed by atoms with Crippen LogP contribution in [0.3, 0.4) is 0 Å². The van der Waals surface area contributed by atoms with E-state index in [9.17, 15) is 18.0 Å². The lowest BCUT2D eigenvalue weighted by Crippen LogP contribution is -2.47. The van der Waals surface area contributed by atoms with Crippen LogP contribution in [0.25, 0.3) is 0 Å². The Labute approximate surface area is 201 Å². The van der Waals surface area contributed by atoms with Gasteiger partial charge in [-0.1, -0.05) is 36.6 Å². The smallest absolute Gasteiger partial charge is 0.363 e. The molecular formula is C25H28ClF3N4O. The first-order valence-corrected chi connectivity index (χ1v) is 12.6. The van der Waals surface area contributed by atoms with Gasteiger partial charge in [0.25, 0.3) is 5.91 Å². The summed E-state index contributed by atoms with van der Waals surface area (Å²) in [6.07, 6.45) is 3.67. The van der Waals surface area contributed by atoms with Crippen molar-refractivity contribution >= 4 is 23.3 Å². The lowest BCUT2D eigenvalue weighted by molar-refractivity contribution is -0.173. The highest BCUT2D eigenvalue weighted by atomic mass is 35.5. The molecule has 34 heavy (non-hydrogen) atoms. The average Bonchev–Trinajstić information content (AvgIpc) is 3.32. The molecule has 0 radical (unpaired) electrons. The Kier molecular flexibility index (Phi) is 5.35. The van der Waals surface area contributed by atoms with Gasteiger partial charge in [0.1, 0.15) is 11.4 Å². The summed E-state index contributed by atoms with van der Waals surface area (Å²) in [7, 11) is 0. The van der Waals surface area contributed by atoms with E-state index in [1.807, 2.05) is 0 Å². The highest BCUT2D eigenvalue weighted by Crippen LogP contribution is 2.53. The minimum absolute atomic E-state index is 0.0960. The van der Waals surface area contributed by atoms with Crippen LogP contribution in [-0.4, -0.2) is 27.9 Å². The summed E-state index contributed by atoms with van der Waals surface area (Å²) in [6.45, 7) is 0. The monoisotopic (exact) mass is 492 g/mol. The van der Waals surface area contributed by atoms with Gasteiger partial charge in [-0.25, -0.2) is 4.68 Å². The van der Waals surface area contributed by atoms with Crippen LogP contribution in [0.1, 0.15) is 73.0 Å². The van der Waals surface area contributed by atoms with Crippen molar-refractivity contribution in [2.45, 2.75) is 69.2 Å². The molecule has 1 aliphatic heterocycles. The van der Waals surface area contributed by atoms with Crippen LogP contribution >= 0.6 is 11.6 Å². The number of nitrogens with zero attached hydrogens (tertiary/aromatic N) is 2. The Bertz CT molecular complexity index is 1080. The third-order valence-corrected chi connectivity index (χ3v) is 8.95. The van der Waals surface area contributed by atoms with E-state index in [0.717, 1.165) is 42.2 Å². The van der Waals surface area contributed by atoms with Gasteiger partial charge >= 0.3 is 6.18 Å². The van der Waals surface area contributed by atoms with E-state index >= 15 is 0 Å². The molecule has 3 fully saturated rings. The molecular weight excluding hydrogens is 465 g/mol. The topological polar surface area (TPSA) is 59.0 Å². The number of alkyl halides is 3. The maximum absolute atomic E-state index is 14.0. The Hall–Kier alpha value is -2.22. The van der Waals surface area contributed by atoms with Crippen molar-refractivity contribution in [1.82, 2.24) is 15.1 Å². The number of carbonyl (C=O) groups is 1. The number of hydrogen-bond acceptors (Lipinski definition) is 3. The minimum Gasteiger partial charge on any atom is -0.363 e. The molecule has 5 nitrogen and oxygen atoms in total. The highest BCUT2D eigenvalue weighted by Gasteiger charge is 2.50. The summed E-state index contributed by atoms with van der Waals surface area (Å²) >= 11 is 5.97. The summed E-state index contributed by atoms with van der Waals surface area (Å²) in [5, 5.41) is 11.0. The Balaban J connectivity index is 1.29. The Morgan fingerprint density at radius 3 is 2.50 bits per heavy atom. The fourth-order valence-corrected chi connectivity index (χ4v) is 7.29. The van der Waals surface area contributed by atoms with Crippen LogP contribution in [0.15, 0.2) is 30.5 Å². The number of nitrogens with one attached hydrogen (secondary N) is 2. The first-order valence-electron chi connectivity index (χ1n) is 12.2. The molecule has 7 unspecified atom stereocenters. The summed E-state index contributed by atoms with van der Waals surface area (Å²) in [5.41, 5.74) is 0.871. The van der Waals surface area contributed by atoms with Gasteiger partial charge in [0.05, 0.1) is 12.2 Å². The maximum Gasteiger partial charge on any atom is 0.410 e. The number of aromatic nitrogens is 2. The van der Waals surface area contributed by atoms with Crippen LogP contribution in [0.2, 0.25) is 5.02 Å². The second kappa shape index (κ2) is 8.18. The zero-order valence-corrected chi connectivity index (χ0v) is 19.4. The molecule has 3 bridgehead atoms. The molecule has 3 saturated carbocycles. The van der Waals surface area contributed by atoms with Gasteiger partial charge in [-0.2, -0.15) is 18.3 Å². The molecule has 2 N–H and O–H groups in total. The number of hydrogen-bond donors (Lipinski definition) is 2. The summed E-state index contributed by atoms with van der Waals surface area (Å²) in [6, 6.07) is 4.44. The van der Waals surface area contributed by atoms with Crippen LogP contribution in [0.5, 0.6) is 0 Å². The van der Waals surface area contributed by atoms with Gasteiger partial charge in [-0.05, 0) is 67.1 Å². The van der Waals surface area contributed by atoms with Gasteiger partial charge in [0, 0.05) is 17.5 Å². The molecule has 3 aliphatic carbocycles. The third-order valence-electron chi connectivity index (χ3n) is 8.70. The fourth-order valence-electron chi connectivity index (χ4n) is 7.16. The van der Waals surface area contributed by atoms with E-state index in [0.29, 0.717) is 22.4 Å². The maximum atomic E-state index is 14.0. The molecule has 4 aliphatic rings. The number of rotatable bonds is 3. The molecule has 1 aromatic carbocycles. The molecule has 2 aromatic rings. The molecule has 2 heterocycles. The van der Waals surface area contributed by atoms with Gasteiger partial charge < -0.3 is 10.6 Å². The lowest BCUT2D eigenvalue weighted by atomic mass is 9.75. The van der Waals surface area contributed by atoms with Gasteiger partial charge in [0.2, 0.25) is 0 Å². The molecule has 9 heteroatoms. The van der Waals surface area contributed by atoms with E-state index in [2.05, 4.69) is 15.7 Å². The minimum atomic E-state index is -4.49. The van der Waals surface area contributed by atoms with E-state index in [4.69, 9.17) is 11.6 Å². The Morgan fingerprint density at radius 2 is 1.74 bits per heavy atom. The molecule has 0 spiro atoms. The van der Waals surface area contributed by atoms with Crippen molar-refractivity contribution in [2.75, 3.05) is 5.32 Å². The molecule has 182 valence electrons. The first kappa shape index (κ1) is 22.3. The van der Waals surface area contributed by atoms with Crippen molar-refractivity contribution in [3.8, 4) is 0 Å². The zero-order chi connectivity index (χ0) is 23.6. The van der Waals surface area contributed by atoms with Crippen LogP contribution in [0.4, 0.5) is 19.0 Å². The van der Waals surface area contributed by atoms with Gasteiger partial charge in [-0.15, -0.1) is 0 Å². The highest BCUT2D eigenvalue weighted by molar-refractivity contribution is 6.30.